The smallest absolute Gasteiger partial charge is 0.332 e. The predicted octanol–water partition coefficient (Wildman–Crippen LogP) is -1.12. The summed E-state index contributed by atoms with van der Waals surface area (Å²) in [6.07, 6.45) is 1.38. The van der Waals surface area contributed by atoms with E-state index in [0.29, 0.717) is 0 Å². The first-order valence-electron chi connectivity index (χ1n) is 3.73. The molecule has 0 aliphatic heterocycles. The summed E-state index contributed by atoms with van der Waals surface area (Å²) in [5, 5.41) is 8.68. The van der Waals surface area contributed by atoms with Crippen molar-refractivity contribution in [3.63, 3.8) is 0 Å². The minimum absolute atomic E-state index is 0.144. The molecule has 0 aromatic rings. The maximum Gasteiger partial charge on any atom is 0.332 e. The minimum atomic E-state index is -4.74. The van der Waals surface area contributed by atoms with Crippen molar-refractivity contribution >= 4 is 31.6 Å². The molecular weight excluding hydrogens is 245 g/mol. The van der Waals surface area contributed by atoms with Crippen LogP contribution in [0.1, 0.15) is 0 Å². The summed E-state index contributed by atoms with van der Waals surface area (Å²) in [7, 11) is -4.74. The maximum atomic E-state index is 11.0. The van der Waals surface area contributed by atoms with Crippen LogP contribution < -0.4 is 5.73 Å². The number of carboxylic acid groups (broad SMARTS) is 1. The molecule has 7 nitrogen and oxygen atoms in total. The van der Waals surface area contributed by atoms with Gasteiger partial charge in [0.05, 0.1) is 0 Å². The fourth-order valence-electron chi connectivity index (χ4n) is 0.943. The van der Waals surface area contributed by atoms with Crippen LogP contribution in [0.3, 0.4) is 0 Å². The van der Waals surface area contributed by atoms with Gasteiger partial charge in [0.2, 0.25) is 0 Å². The molecule has 2 atom stereocenters. The monoisotopic (exact) mass is 257 g/mol. The average Bonchev–Trinajstić information content (AvgIpc) is 2.10. The zero-order valence-corrected chi connectivity index (χ0v) is 9.57. The second kappa shape index (κ2) is 5.09. The van der Waals surface area contributed by atoms with Gasteiger partial charge in [0.15, 0.2) is 11.8 Å². The standard InChI is InChI=1S/C6H12NO6PS/c1-15-2-4(14(11,12)13)6(7,3-8)5(9)10/h3-4H,2,7H2,1H3,(H,9,10)(H2,11,12,13). The van der Waals surface area contributed by atoms with Gasteiger partial charge in [-0.2, -0.15) is 11.8 Å². The molecule has 0 saturated carbocycles. The molecule has 0 heterocycles. The van der Waals surface area contributed by atoms with E-state index in [9.17, 15) is 14.2 Å². The molecule has 0 radical (unpaired) electrons. The normalized spacial score (nSPS) is 17.9. The van der Waals surface area contributed by atoms with E-state index in [-0.39, 0.29) is 12.0 Å². The number of rotatable bonds is 6. The number of aldehydes is 1. The molecular formula is C6H12NO6PS. The Bertz CT molecular complexity index is 304. The number of carboxylic acids is 1. The van der Waals surface area contributed by atoms with Crippen LogP contribution in [-0.4, -0.2) is 50.4 Å². The molecule has 0 spiro atoms. The van der Waals surface area contributed by atoms with Gasteiger partial charge in [0, 0.05) is 5.75 Å². The summed E-state index contributed by atoms with van der Waals surface area (Å²) < 4.78 is 11.0. The average molecular weight is 257 g/mol. The van der Waals surface area contributed by atoms with Gasteiger partial charge in [-0.15, -0.1) is 0 Å². The van der Waals surface area contributed by atoms with Crippen LogP contribution in [0, 0.1) is 0 Å². The fourth-order valence-corrected chi connectivity index (χ4v) is 3.49. The van der Waals surface area contributed by atoms with E-state index in [4.69, 9.17) is 20.6 Å². The Hall–Kier alpha value is -0.400. The molecule has 0 aromatic carbocycles. The SMILES string of the molecule is CSCC(C(N)(C=O)C(=O)O)P(=O)(O)O. The van der Waals surface area contributed by atoms with Crippen molar-refractivity contribution in [2.45, 2.75) is 11.2 Å². The molecule has 0 aromatic heterocycles. The molecule has 15 heavy (non-hydrogen) atoms. The first-order chi connectivity index (χ1) is 6.70. The highest BCUT2D eigenvalue weighted by Crippen LogP contribution is 2.46. The van der Waals surface area contributed by atoms with Crippen molar-refractivity contribution in [3.8, 4) is 0 Å². The maximum absolute atomic E-state index is 11.0. The van der Waals surface area contributed by atoms with Crippen LogP contribution in [0.2, 0.25) is 0 Å². The second-order valence-corrected chi connectivity index (χ2v) is 5.63. The molecule has 0 amide bonds. The Morgan fingerprint density at radius 2 is 2.13 bits per heavy atom. The van der Waals surface area contributed by atoms with Crippen molar-refractivity contribution in [2.75, 3.05) is 12.0 Å². The third kappa shape index (κ3) is 3.29. The highest BCUT2D eigenvalue weighted by Gasteiger charge is 2.51. The molecule has 9 heteroatoms. The summed E-state index contributed by atoms with van der Waals surface area (Å²) >= 11 is 1.00. The van der Waals surface area contributed by atoms with Crippen LogP contribution in [0.4, 0.5) is 0 Å². The van der Waals surface area contributed by atoms with Crippen molar-refractivity contribution in [1.82, 2.24) is 0 Å². The molecule has 0 aliphatic rings. The summed E-state index contributed by atoms with van der Waals surface area (Å²) in [5.41, 5.74) is 0.903. The molecule has 0 fully saturated rings. The molecule has 0 saturated heterocycles. The van der Waals surface area contributed by atoms with Crippen LogP contribution in [0.25, 0.3) is 0 Å². The van der Waals surface area contributed by atoms with Crippen molar-refractivity contribution < 1.29 is 29.0 Å². The zero-order valence-electron chi connectivity index (χ0n) is 7.86. The van der Waals surface area contributed by atoms with E-state index in [2.05, 4.69) is 0 Å². The highest BCUT2D eigenvalue weighted by molar-refractivity contribution is 7.98. The van der Waals surface area contributed by atoms with Crippen LogP contribution in [0.5, 0.6) is 0 Å². The molecule has 88 valence electrons. The van der Waals surface area contributed by atoms with E-state index < -0.39 is 24.8 Å². The fraction of sp³-hybridized carbons (Fsp3) is 0.667. The third-order valence-corrected chi connectivity index (χ3v) is 4.18. The topological polar surface area (TPSA) is 138 Å². The third-order valence-electron chi connectivity index (χ3n) is 1.85. The predicted molar refractivity (Wildman–Crippen MR) is 54.8 cm³/mol. The van der Waals surface area contributed by atoms with Gasteiger partial charge < -0.3 is 25.4 Å². The van der Waals surface area contributed by atoms with E-state index in [1.165, 1.54) is 6.26 Å². The number of hydrogen-bond donors (Lipinski definition) is 4. The van der Waals surface area contributed by atoms with Gasteiger partial charge in [-0.25, -0.2) is 4.79 Å². The number of hydrogen-bond acceptors (Lipinski definition) is 5. The van der Waals surface area contributed by atoms with Gasteiger partial charge in [0.1, 0.15) is 5.66 Å². The molecule has 2 unspecified atom stereocenters. The van der Waals surface area contributed by atoms with Crippen LogP contribution in [-0.2, 0) is 14.2 Å². The summed E-state index contributed by atoms with van der Waals surface area (Å²) in [6.45, 7) is 0. The van der Waals surface area contributed by atoms with Gasteiger partial charge in [-0.05, 0) is 6.26 Å². The van der Waals surface area contributed by atoms with E-state index in [0.717, 1.165) is 11.8 Å². The lowest BCUT2D eigenvalue weighted by Gasteiger charge is -2.28. The molecule has 0 aliphatic carbocycles. The Labute approximate surface area is 90.2 Å². The highest BCUT2D eigenvalue weighted by atomic mass is 32.2. The number of carbonyl (C=O) groups is 2. The summed E-state index contributed by atoms with van der Waals surface area (Å²) in [5.74, 6) is -1.97. The van der Waals surface area contributed by atoms with Gasteiger partial charge in [-0.3, -0.25) is 4.57 Å². The van der Waals surface area contributed by atoms with Crippen LogP contribution in [0.15, 0.2) is 0 Å². The van der Waals surface area contributed by atoms with E-state index in [1.807, 2.05) is 0 Å². The van der Waals surface area contributed by atoms with Gasteiger partial charge >= 0.3 is 13.6 Å². The molecule has 0 rings (SSSR count). The first-order valence-corrected chi connectivity index (χ1v) is 6.80. The second-order valence-electron chi connectivity index (χ2n) is 2.92. The minimum Gasteiger partial charge on any atom is -0.480 e. The Morgan fingerprint density at radius 1 is 1.67 bits per heavy atom. The van der Waals surface area contributed by atoms with Crippen LogP contribution >= 0.6 is 19.4 Å². The van der Waals surface area contributed by atoms with Crippen molar-refractivity contribution in [1.29, 1.82) is 0 Å². The Balaban J connectivity index is 5.31. The first kappa shape index (κ1) is 14.6. The molecule has 0 bridgehead atoms. The lowest BCUT2D eigenvalue weighted by atomic mass is 10.00. The van der Waals surface area contributed by atoms with Crippen molar-refractivity contribution in [2.24, 2.45) is 5.73 Å². The lowest BCUT2D eigenvalue weighted by Crippen LogP contribution is -2.59. The Morgan fingerprint density at radius 3 is 2.33 bits per heavy atom. The number of carbonyl (C=O) groups excluding carboxylic acids is 1. The largest absolute Gasteiger partial charge is 0.480 e. The quantitative estimate of drug-likeness (QED) is 0.266. The summed E-state index contributed by atoms with van der Waals surface area (Å²) in [6, 6.07) is 0. The van der Waals surface area contributed by atoms with Gasteiger partial charge in [-0.1, -0.05) is 0 Å². The van der Waals surface area contributed by atoms with Gasteiger partial charge in [0.25, 0.3) is 0 Å². The number of thioether (sulfide) groups is 1. The number of aliphatic carboxylic acids is 1. The lowest BCUT2D eigenvalue weighted by molar-refractivity contribution is -0.145. The molecule has 5 N–H and O–H groups in total. The van der Waals surface area contributed by atoms with E-state index in [1.54, 1.807) is 0 Å². The zero-order chi connectivity index (χ0) is 12.3. The Kier molecular flexibility index (Phi) is 4.95. The van der Waals surface area contributed by atoms with E-state index >= 15 is 0 Å². The van der Waals surface area contributed by atoms with Crippen molar-refractivity contribution in [3.05, 3.63) is 0 Å². The number of nitrogens with two attached hydrogens (primary N) is 1. The summed E-state index contributed by atoms with van der Waals surface area (Å²) in [4.78, 5) is 39.1.